The van der Waals surface area contributed by atoms with Crippen LogP contribution in [0.3, 0.4) is 0 Å². The highest BCUT2D eigenvalue weighted by Crippen LogP contribution is 2.38. The molecule has 0 aromatic rings. The molecule has 0 amide bonds. The zero-order valence-electron chi connectivity index (χ0n) is 19.8. The van der Waals surface area contributed by atoms with E-state index in [1.165, 1.54) is 51.4 Å². The summed E-state index contributed by atoms with van der Waals surface area (Å²) in [7, 11) is -2.14. The van der Waals surface area contributed by atoms with Crippen molar-refractivity contribution in [2.24, 2.45) is 0 Å². The monoisotopic (exact) mass is 430 g/mol. The summed E-state index contributed by atoms with van der Waals surface area (Å²) >= 11 is 0. The van der Waals surface area contributed by atoms with E-state index in [4.69, 9.17) is 14.3 Å². The van der Waals surface area contributed by atoms with E-state index < -0.39 is 20.4 Å². The van der Waals surface area contributed by atoms with Crippen LogP contribution >= 0.6 is 0 Å². The number of ether oxygens (including phenoxy) is 1. The van der Waals surface area contributed by atoms with E-state index in [9.17, 15) is 9.59 Å². The van der Waals surface area contributed by atoms with Gasteiger partial charge in [-0.3, -0.25) is 9.59 Å². The van der Waals surface area contributed by atoms with E-state index in [0.29, 0.717) is 6.61 Å². The molecule has 0 bridgehead atoms. The average Bonchev–Trinajstić information content (AvgIpc) is 2.57. The largest absolute Gasteiger partial charge is 0.481 e. The van der Waals surface area contributed by atoms with Crippen LogP contribution in [0, 0.1) is 0 Å². The van der Waals surface area contributed by atoms with Gasteiger partial charge in [-0.1, -0.05) is 85.5 Å². The van der Waals surface area contributed by atoms with Gasteiger partial charge in [-0.25, -0.2) is 0 Å². The summed E-state index contributed by atoms with van der Waals surface area (Å²) in [5, 5.41) is 9.12. The smallest absolute Gasteiger partial charge is 0.308 e. The van der Waals surface area contributed by atoms with Gasteiger partial charge >= 0.3 is 11.9 Å². The first kappa shape index (κ1) is 28.1. The predicted octanol–water partition coefficient (Wildman–Crippen LogP) is 6.71. The zero-order chi connectivity index (χ0) is 22.3. The van der Waals surface area contributed by atoms with Crippen LogP contribution in [0.15, 0.2) is 0 Å². The summed E-state index contributed by atoms with van der Waals surface area (Å²) in [4.78, 5) is 23.3. The molecule has 0 rings (SSSR count). The lowest BCUT2D eigenvalue weighted by molar-refractivity contribution is -0.147. The molecule has 1 N–H and O–H groups in total. The standard InChI is InChI=1S/C23H46O5Si/c1-7-8-9-10-11-12-13-14-15-16-17-27-22(26)19-20(18-21(24)25)28-29(5,6)23(2,3)4/h20H,7-19H2,1-6H3,(H,24,25). The van der Waals surface area contributed by atoms with Crippen molar-refractivity contribution in [3.63, 3.8) is 0 Å². The molecule has 6 heteroatoms. The fraction of sp³-hybridized carbons (Fsp3) is 0.913. The van der Waals surface area contributed by atoms with Gasteiger partial charge in [0.2, 0.25) is 0 Å². The number of unbranched alkanes of at least 4 members (excludes halogenated alkanes) is 9. The van der Waals surface area contributed by atoms with E-state index in [2.05, 4.69) is 40.8 Å². The second kappa shape index (κ2) is 15.0. The van der Waals surface area contributed by atoms with Crippen LogP contribution in [0.2, 0.25) is 18.1 Å². The summed E-state index contributed by atoms with van der Waals surface area (Å²) < 4.78 is 11.5. The summed E-state index contributed by atoms with van der Waals surface area (Å²) in [6.07, 6.45) is 11.6. The minimum absolute atomic E-state index is 0.0105. The van der Waals surface area contributed by atoms with Crippen LogP contribution in [-0.2, 0) is 18.8 Å². The summed E-state index contributed by atoms with van der Waals surface area (Å²) in [5.74, 6) is -1.30. The Morgan fingerprint density at radius 3 is 1.79 bits per heavy atom. The Labute approximate surface area is 180 Å². The first-order chi connectivity index (χ1) is 13.5. The highest BCUT2D eigenvalue weighted by atomic mass is 28.4. The van der Waals surface area contributed by atoms with Crippen molar-refractivity contribution < 1.29 is 23.9 Å². The third-order valence-corrected chi connectivity index (χ3v) is 10.4. The van der Waals surface area contributed by atoms with Crippen LogP contribution in [-0.4, -0.2) is 38.1 Å². The highest BCUT2D eigenvalue weighted by molar-refractivity contribution is 6.74. The molecule has 0 aliphatic rings. The molecule has 0 aliphatic heterocycles. The minimum atomic E-state index is -2.14. The normalized spacial score (nSPS) is 13.3. The molecule has 5 nitrogen and oxygen atoms in total. The van der Waals surface area contributed by atoms with Crippen LogP contribution in [0.25, 0.3) is 0 Å². The predicted molar refractivity (Wildman–Crippen MR) is 122 cm³/mol. The second-order valence-electron chi connectivity index (χ2n) is 9.70. The highest BCUT2D eigenvalue weighted by Gasteiger charge is 2.40. The molecule has 172 valence electrons. The molecule has 0 saturated heterocycles. The van der Waals surface area contributed by atoms with Gasteiger partial charge in [-0.05, 0) is 24.6 Å². The molecule has 0 heterocycles. The van der Waals surface area contributed by atoms with Gasteiger partial charge < -0.3 is 14.3 Å². The number of esters is 1. The molecular weight excluding hydrogens is 384 g/mol. The lowest BCUT2D eigenvalue weighted by atomic mass is 10.1. The quantitative estimate of drug-likeness (QED) is 0.158. The Kier molecular flexibility index (Phi) is 14.5. The number of rotatable bonds is 17. The number of carbonyl (C=O) groups excluding carboxylic acids is 1. The Hall–Kier alpha value is -0.883. The second-order valence-corrected chi connectivity index (χ2v) is 14.5. The molecule has 0 spiro atoms. The molecule has 0 radical (unpaired) electrons. The Balaban J connectivity index is 4.04. The molecule has 0 saturated carbocycles. The van der Waals surface area contributed by atoms with Crippen molar-refractivity contribution in [2.75, 3.05) is 6.61 Å². The Morgan fingerprint density at radius 1 is 0.862 bits per heavy atom. The van der Waals surface area contributed by atoms with E-state index in [1.807, 2.05) is 0 Å². The summed E-state index contributed by atoms with van der Waals surface area (Å²) in [6, 6.07) is 0. The van der Waals surface area contributed by atoms with E-state index in [-0.39, 0.29) is 23.8 Å². The molecule has 0 fully saturated rings. The fourth-order valence-electron chi connectivity index (χ4n) is 2.96. The summed E-state index contributed by atoms with van der Waals surface area (Å²) in [5.41, 5.74) is 0. The number of carbonyl (C=O) groups is 2. The van der Waals surface area contributed by atoms with Crippen LogP contribution < -0.4 is 0 Å². The van der Waals surface area contributed by atoms with Crippen molar-refractivity contribution in [1.29, 1.82) is 0 Å². The molecule has 0 aromatic carbocycles. The number of hydrogen-bond donors (Lipinski definition) is 1. The van der Waals surface area contributed by atoms with Crippen molar-refractivity contribution in [3.8, 4) is 0 Å². The molecule has 0 aromatic heterocycles. The van der Waals surface area contributed by atoms with Gasteiger partial charge in [0.25, 0.3) is 0 Å². The van der Waals surface area contributed by atoms with Gasteiger partial charge in [0.15, 0.2) is 8.32 Å². The first-order valence-corrected chi connectivity index (χ1v) is 14.5. The van der Waals surface area contributed by atoms with Gasteiger partial charge in [0, 0.05) is 0 Å². The SMILES string of the molecule is CCCCCCCCCCCCOC(=O)CC(CC(=O)O)O[Si](C)(C)C(C)(C)C. The lowest BCUT2D eigenvalue weighted by Crippen LogP contribution is -2.45. The maximum Gasteiger partial charge on any atom is 0.308 e. The first-order valence-electron chi connectivity index (χ1n) is 11.5. The molecule has 1 unspecified atom stereocenters. The number of hydrogen-bond acceptors (Lipinski definition) is 4. The Morgan fingerprint density at radius 2 is 1.34 bits per heavy atom. The topological polar surface area (TPSA) is 72.8 Å². The summed E-state index contributed by atoms with van der Waals surface area (Å²) in [6.45, 7) is 13.1. The maximum atomic E-state index is 12.2. The van der Waals surface area contributed by atoms with Gasteiger partial charge in [0.1, 0.15) is 0 Å². The number of carboxylic acids is 1. The van der Waals surface area contributed by atoms with Crippen molar-refractivity contribution >= 4 is 20.3 Å². The Bertz CT molecular complexity index is 457. The van der Waals surface area contributed by atoms with E-state index in [1.54, 1.807) is 0 Å². The van der Waals surface area contributed by atoms with Crippen LogP contribution in [0.4, 0.5) is 0 Å². The number of aliphatic carboxylic acids is 1. The lowest BCUT2D eigenvalue weighted by Gasteiger charge is -2.38. The third kappa shape index (κ3) is 14.7. The van der Waals surface area contributed by atoms with Crippen molar-refractivity contribution in [1.82, 2.24) is 0 Å². The number of carboxylic acid groups (broad SMARTS) is 1. The van der Waals surface area contributed by atoms with Crippen LogP contribution in [0.5, 0.6) is 0 Å². The van der Waals surface area contributed by atoms with Crippen LogP contribution in [0.1, 0.15) is 105 Å². The van der Waals surface area contributed by atoms with E-state index in [0.717, 1.165) is 12.8 Å². The van der Waals surface area contributed by atoms with Crippen molar-refractivity contribution in [2.45, 2.75) is 129 Å². The zero-order valence-corrected chi connectivity index (χ0v) is 20.8. The molecular formula is C23H46O5Si. The fourth-order valence-corrected chi connectivity index (χ4v) is 4.32. The molecule has 1 atom stereocenters. The molecule has 29 heavy (non-hydrogen) atoms. The molecule has 0 aliphatic carbocycles. The van der Waals surface area contributed by atoms with Gasteiger partial charge in [0.05, 0.1) is 25.6 Å². The van der Waals surface area contributed by atoms with Gasteiger partial charge in [-0.2, -0.15) is 0 Å². The maximum absolute atomic E-state index is 12.2. The average molecular weight is 431 g/mol. The van der Waals surface area contributed by atoms with Crippen molar-refractivity contribution in [3.05, 3.63) is 0 Å². The van der Waals surface area contributed by atoms with Gasteiger partial charge in [-0.15, -0.1) is 0 Å². The van der Waals surface area contributed by atoms with E-state index >= 15 is 0 Å². The third-order valence-electron chi connectivity index (χ3n) is 5.83. The minimum Gasteiger partial charge on any atom is -0.481 e.